The van der Waals surface area contributed by atoms with Crippen molar-refractivity contribution < 1.29 is 4.92 Å². The molecule has 1 fully saturated rings. The van der Waals surface area contributed by atoms with Crippen molar-refractivity contribution in [2.75, 3.05) is 23.7 Å². The van der Waals surface area contributed by atoms with Gasteiger partial charge in [-0.3, -0.25) is 10.1 Å². The second-order valence-electron chi connectivity index (χ2n) is 4.76. The van der Waals surface area contributed by atoms with Gasteiger partial charge in [0.25, 0.3) is 0 Å². The third kappa shape index (κ3) is 2.87. The molecule has 2 rings (SSSR count). The number of hydrogen-bond donors (Lipinski definition) is 0. The molecule has 5 nitrogen and oxygen atoms in total. The average molecular weight is 288 g/mol. The van der Waals surface area contributed by atoms with Crippen LogP contribution in [0.25, 0.3) is 0 Å². The summed E-state index contributed by atoms with van der Waals surface area (Å²) in [5, 5.41) is 11.3. The van der Waals surface area contributed by atoms with E-state index < -0.39 is 4.92 Å². The van der Waals surface area contributed by atoms with Gasteiger partial charge in [0.15, 0.2) is 0 Å². The molecule has 0 aliphatic carbocycles. The van der Waals surface area contributed by atoms with Crippen LogP contribution in [0.5, 0.6) is 0 Å². The molecule has 0 aromatic carbocycles. The molecule has 0 saturated carbocycles. The fraction of sp³-hybridized carbons (Fsp3) is 0.545. The Morgan fingerprint density at radius 2 is 2.28 bits per heavy atom. The van der Waals surface area contributed by atoms with Crippen molar-refractivity contribution in [3.05, 3.63) is 27.4 Å². The van der Waals surface area contributed by atoms with Crippen LogP contribution < -0.4 is 4.90 Å². The number of halogens is 1. The van der Waals surface area contributed by atoms with E-state index in [0.717, 1.165) is 18.8 Å². The van der Waals surface area contributed by atoms with Gasteiger partial charge in [-0.25, -0.2) is 4.98 Å². The Bertz CT molecular complexity index is 481. The van der Waals surface area contributed by atoms with E-state index in [1.807, 2.05) is 16.7 Å². The summed E-state index contributed by atoms with van der Waals surface area (Å²) >= 11 is 7.71. The lowest BCUT2D eigenvalue weighted by atomic mass is 10.2. The summed E-state index contributed by atoms with van der Waals surface area (Å²) in [7, 11) is 0. The van der Waals surface area contributed by atoms with Crippen molar-refractivity contribution >= 4 is 34.9 Å². The molecule has 2 heterocycles. The summed E-state index contributed by atoms with van der Waals surface area (Å²) in [6.07, 6.45) is 0. The van der Waals surface area contributed by atoms with Gasteiger partial charge in [-0.05, 0) is 19.9 Å². The first-order valence-electron chi connectivity index (χ1n) is 5.59. The molecular formula is C11H14ClN3O2S. The van der Waals surface area contributed by atoms with Crippen LogP contribution in [0.4, 0.5) is 11.5 Å². The van der Waals surface area contributed by atoms with Crippen LogP contribution >= 0.6 is 23.4 Å². The molecule has 0 radical (unpaired) electrons. The molecule has 7 heteroatoms. The Balaban J connectivity index is 2.37. The summed E-state index contributed by atoms with van der Waals surface area (Å²) in [4.78, 5) is 16.7. The largest absolute Gasteiger partial charge is 0.349 e. The second kappa shape index (κ2) is 4.93. The number of nitrogens with zero attached hydrogens (tertiary/aromatic N) is 3. The molecule has 0 N–H and O–H groups in total. The van der Waals surface area contributed by atoms with Crippen LogP contribution in [-0.4, -0.2) is 33.5 Å². The summed E-state index contributed by atoms with van der Waals surface area (Å²) in [5.74, 6) is 1.30. The van der Waals surface area contributed by atoms with Crippen LogP contribution in [0.15, 0.2) is 12.1 Å². The molecule has 1 aromatic heterocycles. The lowest BCUT2D eigenvalue weighted by Crippen LogP contribution is -2.43. The average Bonchev–Trinajstić information content (AvgIpc) is 2.27. The van der Waals surface area contributed by atoms with Gasteiger partial charge in [0.05, 0.1) is 4.92 Å². The van der Waals surface area contributed by atoms with E-state index in [1.165, 1.54) is 12.1 Å². The molecule has 0 atom stereocenters. The summed E-state index contributed by atoms with van der Waals surface area (Å²) < 4.78 is 0.0656. The van der Waals surface area contributed by atoms with E-state index in [2.05, 4.69) is 18.8 Å². The van der Waals surface area contributed by atoms with Crippen molar-refractivity contribution in [2.45, 2.75) is 18.6 Å². The van der Waals surface area contributed by atoms with Crippen molar-refractivity contribution in [2.24, 2.45) is 0 Å². The summed E-state index contributed by atoms with van der Waals surface area (Å²) in [6, 6.07) is 2.87. The maximum absolute atomic E-state index is 11.0. The smallest absolute Gasteiger partial charge is 0.311 e. The highest BCUT2D eigenvalue weighted by molar-refractivity contribution is 8.00. The van der Waals surface area contributed by atoms with Crippen molar-refractivity contribution in [1.29, 1.82) is 0 Å². The monoisotopic (exact) mass is 287 g/mol. The van der Waals surface area contributed by atoms with E-state index in [1.54, 1.807) is 0 Å². The molecule has 0 bridgehead atoms. The number of pyridine rings is 1. The zero-order valence-electron chi connectivity index (χ0n) is 10.2. The number of rotatable bonds is 2. The molecule has 18 heavy (non-hydrogen) atoms. The third-order valence-corrected chi connectivity index (χ3v) is 4.25. The maximum atomic E-state index is 11.0. The molecule has 1 aliphatic heterocycles. The van der Waals surface area contributed by atoms with Crippen LogP contribution in [0.3, 0.4) is 0 Å². The van der Waals surface area contributed by atoms with Crippen LogP contribution in [0.1, 0.15) is 13.8 Å². The zero-order valence-corrected chi connectivity index (χ0v) is 11.8. The minimum atomic E-state index is -0.409. The number of thioether (sulfide) groups is 1. The maximum Gasteiger partial charge on any atom is 0.311 e. The number of aromatic nitrogens is 1. The lowest BCUT2D eigenvalue weighted by Gasteiger charge is -2.37. The van der Waals surface area contributed by atoms with E-state index in [0.29, 0.717) is 5.82 Å². The van der Waals surface area contributed by atoms with Gasteiger partial charge < -0.3 is 4.90 Å². The van der Waals surface area contributed by atoms with Gasteiger partial charge in [-0.1, -0.05) is 11.6 Å². The van der Waals surface area contributed by atoms with E-state index in [-0.39, 0.29) is 15.6 Å². The topological polar surface area (TPSA) is 59.3 Å². The highest BCUT2D eigenvalue weighted by atomic mass is 35.5. The van der Waals surface area contributed by atoms with Crippen LogP contribution in [-0.2, 0) is 0 Å². The van der Waals surface area contributed by atoms with Gasteiger partial charge in [-0.2, -0.15) is 11.8 Å². The fourth-order valence-corrected chi connectivity index (χ4v) is 3.24. The third-order valence-electron chi connectivity index (χ3n) is 2.74. The molecular weight excluding hydrogens is 274 g/mol. The first-order chi connectivity index (χ1) is 8.39. The van der Waals surface area contributed by atoms with E-state index in [9.17, 15) is 10.1 Å². The summed E-state index contributed by atoms with van der Waals surface area (Å²) in [5.41, 5.74) is 0.0158. The highest BCUT2D eigenvalue weighted by Crippen LogP contribution is 2.35. The zero-order chi connectivity index (χ0) is 13.3. The van der Waals surface area contributed by atoms with E-state index in [4.69, 9.17) is 11.6 Å². The Labute approximate surface area is 115 Å². The Morgan fingerprint density at radius 1 is 1.56 bits per heavy atom. The minimum absolute atomic E-state index is 0.0158. The number of hydrogen-bond acceptors (Lipinski definition) is 5. The SMILES string of the molecule is CC1(C)CN(c2nc(Cl)ccc2[N+](=O)[O-])CCS1. The van der Waals surface area contributed by atoms with Crippen LogP contribution in [0, 0.1) is 10.1 Å². The standard InChI is InChI=1S/C11H14ClN3O2S/c1-11(2)7-14(5-6-18-11)10-8(15(16)17)3-4-9(12)13-10/h3-4H,5-7H2,1-2H3. The predicted octanol–water partition coefficient (Wildman–Crippen LogP) is 2.98. The van der Waals surface area contributed by atoms with Crippen molar-refractivity contribution in [1.82, 2.24) is 4.98 Å². The molecule has 98 valence electrons. The Morgan fingerprint density at radius 3 is 2.89 bits per heavy atom. The van der Waals surface area contributed by atoms with Crippen molar-refractivity contribution in [3.8, 4) is 0 Å². The quantitative estimate of drug-likeness (QED) is 0.475. The molecule has 0 unspecified atom stereocenters. The van der Waals surface area contributed by atoms with Crippen molar-refractivity contribution in [3.63, 3.8) is 0 Å². The second-order valence-corrected chi connectivity index (χ2v) is 6.95. The number of nitro groups is 1. The highest BCUT2D eigenvalue weighted by Gasteiger charge is 2.31. The van der Waals surface area contributed by atoms with Gasteiger partial charge in [0.1, 0.15) is 5.15 Å². The Kier molecular flexibility index (Phi) is 3.68. The van der Waals surface area contributed by atoms with Gasteiger partial charge >= 0.3 is 5.69 Å². The fourth-order valence-electron chi connectivity index (χ4n) is 1.99. The molecule has 1 saturated heterocycles. The first kappa shape index (κ1) is 13.4. The first-order valence-corrected chi connectivity index (χ1v) is 6.95. The summed E-state index contributed by atoms with van der Waals surface area (Å²) in [6.45, 7) is 5.73. The lowest BCUT2D eigenvalue weighted by molar-refractivity contribution is -0.384. The number of anilines is 1. The van der Waals surface area contributed by atoms with E-state index >= 15 is 0 Å². The Hall–Kier alpha value is -1.01. The molecule has 1 aromatic rings. The van der Waals surface area contributed by atoms with Crippen LogP contribution in [0.2, 0.25) is 5.15 Å². The molecule has 0 amide bonds. The van der Waals surface area contributed by atoms with Gasteiger partial charge in [0.2, 0.25) is 5.82 Å². The minimum Gasteiger partial charge on any atom is -0.349 e. The normalized spacial score (nSPS) is 18.7. The van der Waals surface area contributed by atoms with Gasteiger partial charge in [0, 0.05) is 29.7 Å². The molecule has 1 aliphatic rings. The van der Waals surface area contributed by atoms with Gasteiger partial charge in [-0.15, -0.1) is 0 Å². The predicted molar refractivity (Wildman–Crippen MR) is 74.7 cm³/mol. The molecule has 0 spiro atoms.